The summed E-state index contributed by atoms with van der Waals surface area (Å²) in [4.78, 5) is 19.0. The van der Waals surface area contributed by atoms with E-state index in [0.29, 0.717) is 23.6 Å². The number of aromatic amines is 1. The molecule has 0 spiro atoms. The number of nitrogens with zero attached hydrogens (tertiary/aromatic N) is 1. The van der Waals surface area contributed by atoms with Crippen molar-refractivity contribution in [3.8, 4) is 11.5 Å². The fourth-order valence-corrected chi connectivity index (χ4v) is 4.59. The molecule has 3 aromatic carbocycles. The standard InChI is InChI=1S/C26H23FN2O3/c1-31-22-12-9-17(15-23(22)32-2)26(30)29-14-13-20-19-5-3-4-6-21(19)28-24(20)25(29)16-7-10-18(27)11-8-16/h3-12,15,25,28H,13-14H2,1-2H3/t25-/m0/s1. The largest absolute Gasteiger partial charge is 0.493 e. The Bertz CT molecular complexity index is 1300. The first-order valence-corrected chi connectivity index (χ1v) is 10.5. The van der Waals surface area contributed by atoms with Crippen LogP contribution in [0, 0.1) is 5.82 Å². The van der Waals surface area contributed by atoms with Gasteiger partial charge in [0, 0.05) is 28.7 Å². The molecule has 1 aromatic heterocycles. The Labute approximate surface area is 185 Å². The Hall–Kier alpha value is -3.80. The Balaban J connectivity index is 1.62. The van der Waals surface area contributed by atoms with Gasteiger partial charge in [-0.25, -0.2) is 4.39 Å². The Kier molecular flexibility index (Phi) is 5.05. The van der Waals surface area contributed by atoms with Crippen molar-refractivity contribution in [3.63, 3.8) is 0 Å². The van der Waals surface area contributed by atoms with E-state index in [4.69, 9.17) is 9.47 Å². The predicted octanol–water partition coefficient (Wildman–Crippen LogP) is 5.11. The van der Waals surface area contributed by atoms with Crippen LogP contribution in [0.5, 0.6) is 11.5 Å². The lowest BCUT2D eigenvalue weighted by atomic mass is 9.91. The molecule has 4 aromatic rings. The van der Waals surface area contributed by atoms with E-state index in [2.05, 4.69) is 11.1 Å². The van der Waals surface area contributed by atoms with Gasteiger partial charge in [0.2, 0.25) is 0 Å². The van der Waals surface area contributed by atoms with Crippen LogP contribution in [-0.2, 0) is 6.42 Å². The van der Waals surface area contributed by atoms with Crippen molar-refractivity contribution < 1.29 is 18.7 Å². The van der Waals surface area contributed by atoms with Crippen molar-refractivity contribution in [2.75, 3.05) is 20.8 Å². The summed E-state index contributed by atoms with van der Waals surface area (Å²) < 4.78 is 24.4. The number of nitrogens with one attached hydrogen (secondary N) is 1. The van der Waals surface area contributed by atoms with Gasteiger partial charge >= 0.3 is 0 Å². The molecule has 5 nitrogen and oxygen atoms in total. The molecule has 1 aliphatic heterocycles. The Morgan fingerprint density at radius 1 is 1.00 bits per heavy atom. The number of hydrogen-bond acceptors (Lipinski definition) is 3. The van der Waals surface area contributed by atoms with Crippen LogP contribution in [-0.4, -0.2) is 36.6 Å². The Morgan fingerprint density at radius 2 is 1.75 bits per heavy atom. The van der Waals surface area contributed by atoms with E-state index in [1.165, 1.54) is 17.7 Å². The maximum absolute atomic E-state index is 13.7. The number of amides is 1. The summed E-state index contributed by atoms with van der Waals surface area (Å²) in [7, 11) is 3.11. The third-order valence-corrected chi connectivity index (χ3v) is 6.11. The molecule has 0 aliphatic carbocycles. The molecular formula is C26H23FN2O3. The number of carbonyl (C=O) groups is 1. The van der Waals surface area contributed by atoms with Gasteiger partial charge < -0.3 is 19.4 Å². The second-order valence-electron chi connectivity index (χ2n) is 7.84. The van der Waals surface area contributed by atoms with Crippen molar-refractivity contribution in [2.45, 2.75) is 12.5 Å². The molecule has 0 saturated heterocycles. The minimum absolute atomic E-state index is 0.121. The number of benzene rings is 3. The molecular weight excluding hydrogens is 407 g/mol. The molecule has 1 amide bonds. The van der Waals surface area contributed by atoms with E-state index in [-0.39, 0.29) is 17.8 Å². The molecule has 162 valence electrons. The average molecular weight is 430 g/mol. The minimum atomic E-state index is -0.354. The number of ether oxygens (including phenoxy) is 2. The zero-order valence-corrected chi connectivity index (χ0v) is 17.9. The number of halogens is 1. The van der Waals surface area contributed by atoms with Crippen LogP contribution < -0.4 is 9.47 Å². The van der Waals surface area contributed by atoms with E-state index in [0.717, 1.165) is 28.6 Å². The van der Waals surface area contributed by atoms with E-state index in [9.17, 15) is 9.18 Å². The van der Waals surface area contributed by atoms with Crippen molar-refractivity contribution >= 4 is 16.8 Å². The highest BCUT2D eigenvalue weighted by atomic mass is 19.1. The fraction of sp³-hybridized carbons (Fsp3) is 0.192. The zero-order valence-electron chi connectivity index (χ0n) is 17.9. The summed E-state index contributed by atoms with van der Waals surface area (Å²) in [6.45, 7) is 0.546. The quantitative estimate of drug-likeness (QED) is 0.489. The lowest BCUT2D eigenvalue weighted by molar-refractivity contribution is 0.0691. The van der Waals surface area contributed by atoms with E-state index < -0.39 is 0 Å². The number of rotatable bonds is 4. The fourth-order valence-electron chi connectivity index (χ4n) is 4.59. The molecule has 1 N–H and O–H groups in total. The maximum atomic E-state index is 13.7. The van der Waals surface area contributed by atoms with Crippen LogP contribution in [0.3, 0.4) is 0 Å². The zero-order chi connectivity index (χ0) is 22.2. The minimum Gasteiger partial charge on any atom is -0.493 e. The average Bonchev–Trinajstić information content (AvgIpc) is 3.22. The van der Waals surface area contributed by atoms with Gasteiger partial charge in [-0.2, -0.15) is 0 Å². The molecule has 0 bridgehead atoms. The first-order valence-electron chi connectivity index (χ1n) is 10.5. The van der Waals surface area contributed by atoms with Crippen LogP contribution in [0.1, 0.15) is 33.2 Å². The lowest BCUT2D eigenvalue weighted by Crippen LogP contribution is -2.40. The first-order chi connectivity index (χ1) is 15.6. The van der Waals surface area contributed by atoms with Crippen molar-refractivity contribution in [1.29, 1.82) is 0 Å². The van der Waals surface area contributed by atoms with Gasteiger partial charge in [0.15, 0.2) is 11.5 Å². The molecule has 1 aliphatic rings. The number of methoxy groups -OCH3 is 2. The molecule has 0 fully saturated rings. The van der Waals surface area contributed by atoms with Gasteiger partial charge in [0.1, 0.15) is 5.82 Å². The number of aromatic nitrogens is 1. The number of fused-ring (bicyclic) bond motifs is 3. The second kappa shape index (κ2) is 8.04. The summed E-state index contributed by atoms with van der Waals surface area (Å²) >= 11 is 0. The van der Waals surface area contributed by atoms with E-state index >= 15 is 0 Å². The second-order valence-corrected chi connectivity index (χ2v) is 7.84. The number of carbonyl (C=O) groups excluding carboxylic acids is 1. The molecule has 6 heteroatoms. The van der Waals surface area contributed by atoms with Gasteiger partial charge in [0.25, 0.3) is 5.91 Å². The van der Waals surface area contributed by atoms with Gasteiger partial charge in [-0.05, 0) is 53.9 Å². The van der Waals surface area contributed by atoms with Gasteiger partial charge in [-0.3, -0.25) is 4.79 Å². The lowest BCUT2D eigenvalue weighted by Gasteiger charge is -2.36. The van der Waals surface area contributed by atoms with E-state index in [1.54, 1.807) is 44.6 Å². The van der Waals surface area contributed by atoms with Crippen LogP contribution in [0.15, 0.2) is 66.7 Å². The monoisotopic (exact) mass is 430 g/mol. The molecule has 1 atom stereocenters. The van der Waals surface area contributed by atoms with Gasteiger partial charge in [-0.15, -0.1) is 0 Å². The highest BCUT2D eigenvalue weighted by Gasteiger charge is 2.35. The molecule has 0 unspecified atom stereocenters. The number of hydrogen-bond donors (Lipinski definition) is 1. The molecule has 0 radical (unpaired) electrons. The smallest absolute Gasteiger partial charge is 0.254 e. The van der Waals surface area contributed by atoms with Crippen LogP contribution in [0.25, 0.3) is 10.9 Å². The summed E-state index contributed by atoms with van der Waals surface area (Å²) in [5.74, 6) is 0.638. The Morgan fingerprint density at radius 3 is 2.50 bits per heavy atom. The van der Waals surface area contributed by atoms with Crippen molar-refractivity contribution in [3.05, 3.63) is 94.9 Å². The van der Waals surface area contributed by atoms with Crippen LogP contribution in [0.2, 0.25) is 0 Å². The maximum Gasteiger partial charge on any atom is 0.254 e. The third kappa shape index (κ3) is 3.28. The molecule has 32 heavy (non-hydrogen) atoms. The van der Waals surface area contributed by atoms with Crippen LogP contribution >= 0.6 is 0 Å². The predicted molar refractivity (Wildman–Crippen MR) is 121 cm³/mol. The first kappa shape index (κ1) is 20.1. The summed E-state index contributed by atoms with van der Waals surface area (Å²) in [5.41, 5.74) is 4.57. The van der Waals surface area contributed by atoms with Crippen molar-refractivity contribution in [1.82, 2.24) is 9.88 Å². The molecule has 5 rings (SSSR count). The summed E-state index contributed by atoms with van der Waals surface area (Å²) in [6.07, 6.45) is 0.732. The topological polar surface area (TPSA) is 54.6 Å². The SMILES string of the molecule is COc1ccc(C(=O)N2CCc3c([nH]c4ccccc34)[C@@H]2c2ccc(F)cc2)cc1OC. The molecule has 0 saturated carbocycles. The van der Waals surface area contributed by atoms with Gasteiger partial charge in [0.05, 0.1) is 20.3 Å². The van der Waals surface area contributed by atoms with E-state index in [1.807, 2.05) is 23.1 Å². The summed E-state index contributed by atoms with van der Waals surface area (Å²) in [5, 5.41) is 1.16. The highest BCUT2D eigenvalue weighted by molar-refractivity contribution is 5.96. The van der Waals surface area contributed by atoms with Crippen LogP contribution in [0.4, 0.5) is 4.39 Å². The van der Waals surface area contributed by atoms with Gasteiger partial charge in [-0.1, -0.05) is 30.3 Å². The number of H-pyrrole nitrogens is 1. The number of para-hydroxylation sites is 1. The molecule has 2 heterocycles. The highest BCUT2D eigenvalue weighted by Crippen LogP contribution is 2.39. The summed E-state index contributed by atoms with van der Waals surface area (Å²) in [6, 6.07) is 19.3. The van der Waals surface area contributed by atoms with Crippen molar-refractivity contribution in [2.24, 2.45) is 0 Å². The normalized spacial score (nSPS) is 15.5. The third-order valence-electron chi connectivity index (χ3n) is 6.11.